The van der Waals surface area contributed by atoms with Crippen LogP contribution in [0.15, 0.2) is 176 Å². The lowest BCUT2D eigenvalue weighted by Gasteiger charge is -2.23. The molecule has 7 heteroatoms. The van der Waals surface area contributed by atoms with E-state index in [-0.39, 0.29) is 5.41 Å². The molecule has 0 atom stereocenters. The third-order valence-electron chi connectivity index (χ3n) is 10.9. The van der Waals surface area contributed by atoms with Gasteiger partial charge in [-0.2, -0.15) is 0 Å². The van der Waals surface area contributed by atoms with E-state index in [4.69, 9.17) is 15.0 Å². The van der Waals surface area contributed by atoms with Crippen molar-refractivity contribution >= 4 is 66.6 Å². The minimum Gasteiger partial charge on any atom is -0.320 e. The van der Waals surface area contributed by atoms with Gasteiger partial charge >= 0.3 is 0 Å². The second-order valence-corrected chi connectivity index (χ2v) is 16.3. The van der Waals surface area contributed by atoms with Crippen LogP contribution in [0.5, 0.6) is 0 Å². The number of hydrogen-bond acceptors (Lipinski definition) is 6. The molecule has 4 aromatic heterocycles. The molecule has 0 unspecified atom stereocenters. The fraction of sp³-hybridized carbons (Fsp3) is 0.100. The Morgan fingerprint density at radius 2 is 1.23 bits per heavy atom. The van der Waals surface area contributed by atoms with Crippen molar-refractivity contribution in [1.82, 2.24) is 19.5 Å². The predicted octanol–water partition coefficient (Wildman–Crippen LogP) is 12.6. The lowest BCUT2D eigenvalue weighted by molar-refractivity contribution is 0.589. The molecule has 57 heavy (non-hydrogen) atoms. The Morgan fingerprint density at radius 3 is 1.96 bits per heavy atom. The highest BCUT2D eigenvalue weighted by atomic mass is 32.1. The molecule has 0 bridgehead atoms. The molecule has 0 N–H and O–H groups in total. The van der Waals surface area contributed by atoms with Gasteiger partial charge in [0.25, 0.3) is 0 Å². The second-order valence-electron chi connectivity index (χ2n) is 15.4. The van der Waals surface area contributed by atoms with Crippen LogP contribution < -0.4 is 9.80 Å². The highest BCUT2D eigenvalue weighted by molar-refractivity contribution is 7.16. The van der Waals surface area contributed by atoms with Crippen molar-refractivity contribution in [2.45, 2.75) is 26.2 Å². The fourth-order valence-electron chi connectivity index (χ4n) is 8.07. The number of para-hydroxylation sites is 1. The summed E-state index contributed by atoms with van der Waals surface area (Å²) >= 11 is 1.65. The molecule has 0 saturated carbocycles. The standard InChI is InChI=1S/C50H40N6S/c1-50(2,3)38-26-28-51-44(31-38)56-43-30-37(24-25-41(43)47-49(56)57-32-53-47)46(45(34-15-7-4-8-16-34)35-17-9-5-10-18-35)36-19-13-22-40(29-36)55-33-54(39-20-11-6-12-21-39)42-23-14-27-52-48(42)55/h4-32H,33H2,1-3H3. The first-order valence-electron chi connectivity index (χ1n) is 19.3. The number of aromatic nitrogens is 4. The number of pyridine rings is 2. The minimum absolute atomic E-state index is 0.0245. The molecule has 0 fully saturated rings. The summed E-state index contributed by atoms with van der Waals surface area (Å²) in [7, 11) is 0. The molecule has 0 radical (unpaired) electrons. The first-order valence-corrected chi connectivity index (χ1v) is 20.2. The second kappa shape index (κ2) is 14.0. The summed E-state index contributed by atoms with van der Waals surface area (Å²) in [5.74, 6) is 1.83. The van der Waals surface area contributed by atoms with E-state index in [0.717, 1.165) is 83.3 Å². The third kappa shape index (κ3) is 6.17. The molecular weight excluding hydrogens is 717 g/mol. The summed E-state index contributed by atoms with van der Waals surface area (Å²) in [6.45, 7) is 7.38. The van der Waals surface area contributed by atoms with Gasteiger partial charge in [0.05, 0.1) is 16.7 Å². The topological polar surface area (TPSA) is 50.1 Å². The number of benzene rings is 5. The highest BCUT2D eigenvalue weighted by Gasteiger charge is 2.30. The molecule has 0 saturated heterocycles. The van der Waals surface area contributed by atoms with Gasteiger partial charge in [-0.05, 0) is 105 Å². The fourth-order valence-corrected chi connectivity index (χ4v) is 8.90. The lowest BCUT2D eigenvalue weighted by Crippen LogP contribution is -2.24. The highest BCUT2D eigenvalue weighted by Crippen LogP contribution is 2.45. The molecule has 0 spiro atoms. The first kappa shape index (κ1) is 34.6. The van der Waals surface area contributed by atoms with Gasteiger partial charge < -0.3 is 9.80 Å². The van der Waals surface area contributed by atoms with Gasteiger partial charge in [0.15, 0.2) is 5.82 Å². The van der Waals surface area contributed by atoms with Crippen molar-refractivity contribution in [2.75, 3.05) is 16.5 Å². The van der Waals surface area contributed by atoms with Gasteiger partial charge in [0.2, 0.25) is 0 Å². The van der Waals surface area contributed by atoms with Crippen molar-refractivity contribution in [3.63, 3.8) is 0 Å². The Hall–Kier alpha value is -6.83. The van der Waals surface area contributed by atoms with Crippen LogP contribution in [0.2, 0.25) is 0 Å². The van der Waals surface area contributed by atoms with Crippen LogP contribution in [0.3, 0.4) is 0 Å². The summed E-state index contributed by atoms with van der Waals surface area (Å²) < 4.78 is 2.30. The van der Waals surface area contributed by atoms with Gasteiger partial charge in [0, 0.05) is 29.2 Å². The smallest absolute Gasteiger partial charge is 0.158 e. The van der Waals surface area contributed by atoms with Gasteiger partial charge in [-0.25, -0.2) is 15.0 Å². The zero-order chi connectivity index (χ0) is 38.5. The summed E-state index contributed by atoms with van der Waals surface area (Å²) in [6, 6.07) is 56.4. The Balaban J connectivity index is 1.21. The Bertz CT molecular complexity index is 2880. The third-order valence-corrected chi connectivity index (χ3v) is 11.7. The molecule has 276 valence electrons. The van der Waals surface area contributed by atoms with Gasteiger partial charge in [-0.1, -0.05) is 118 Å². The summed E-state index contributed by atoms with van der Waals surface area (Å²) in [5.41, 5.74) is 15.3. The molecule has 1 aliphatic rings. The van der Waals surface area contributed by atoms with Crippen molar-refractivity contribution in [1.29, 1.82) is 0 Å². The molecule has 1 aliphatic heterocycles. The molecule has 5 heterocycles. The molecule has 10 rings (SSSR count). The van der Waals surface area contributed by atoms with Crippen LogP contribution in [-0.4, -0.2) is 26.2 Å². The molecular formula is C50H40N6S. The van der Waals surface area contributed by atoms with Crippen LogP contribution >= 0.6 is 11.3 Å². The maximum atomic E-state index is 4.95. The van der Waals surface area contributed by atoms with E-state index in [1.165, 1.54) is 5.56 Å². The quantitative estimate of drug-likeness (QED) is 0.152. The van der Waals surface area contributed by atoms with E-state index in [2.05, 4.69) is 187 Å². The van der Waals surface area contributed by atoms with Gasteiger partial charge in [0.1, 0.15) is 22.8 Å². The number of rotatable bonds is 7. The average Bonchev–Trinajstić information content (AvgIpc) is 3.97. The molecule has 9 aromatic rings. The largest absolute Gasteiger partial charge is 0.320 e. The molecule has 0 aliphatic carbocycles. The lowest BCUT2D eigenvalue weighted by atomic mass is 9.85. The van der Waals surface area contributed by atoms with Crippen LogP contribution in [-0.2, 0) is 5.41 Å². The Labute approximate surface area is 336 Å². The van der Waals surface area contributed by atoms with E-state index < -0.39 is 0 Å². The zero-order valence-electron chi connectivity index (χ0n) is 32.0. The summed E-state index contributed by atoms with van der Waals surface area (Å²) in [5, 5.41) is 1.10. The monoisotopic (exact) mass is 756 g/mol. The zero-order valence-corrected chi connectivity index (χ0v) is 32.9. The number of hydrogen-bond donors (Lipinski definition) is 0. The van der Waals surface area contributed by atoms with Crippen LogP contribution in [0.1, 0.15) is 48.6 Å². The van der Waals surface area contributed by atoms with Crippen molar-refractivity contribution < 1.29 is 0 Å². The van der Waals surface area contributed by atoms with E-state index in [1.54, 1.807) is 11.3 Å². The number of fused-ring (bicyclic) bond motifs is 4. The Morgan fingerprint density at radius 1 is 0.561 bits per heavy atom. The first-order chi connectivity index (χ1) is 27.9. The van der Waals surface area contributed by atoms with E-state index in [0.29, 0.717) is 6.67 Å². The van der Waals surface area contributed by atoms with Crippen LogP contribution in [0.25, 0.3) is 38.2 Å². The van der Waals surface area contributed by atoms with E-state index >= 15 is 0 Å². The van der Waals surface area contributed by atoms with Crippen molar-refractivity contribution in [3.05, 3.63) is 203 Å². The summed E-state index contributed by atoms with van der Waals surface area (Å²) in [6.07, 6.45) is 3.82. The van der Waals surface area contributed by atoms with Crippen LogP contribution in [0, 0.1) is 0 Å². The molecule has 6 nitrogen and oxygen atoms in total. The summed E-state index contributed by atoms with van der Waals surface area (Å²) in [4.78, 5) is 20.5. The average molecular weight is 757 g/mol. The maximum Gasteiger partial charge on any atom is 0.158 e. The molecule has 5 aromatic carbocycles. The number of nitrogens with zero attached hydrogens (tertiary/aromatic N) is 6. The normalized spacial score (nSPS) is 12.7. The van der Waals surface area contributed by atoms with Gasteiger partial charge in [-0.3, -0.25) is 4.57 Å². The maximum absolute atomic E-state index is 4.95. The van der Waals surface area contributed by atoms with Crippen molar-refractivity contribution in [3.8, 4) is 5.82 Å². The SMILES string of the molecule is CC(C)(C)c1ccnc(-n2c3cc(C(=C(c4ccccc4)c4ccccc4)c4cccc(N5CN(c6ccccc6)c6cccnc65)c4)ccc3c3ncsc32)c1. The van der Waals surface area contributed by atoms with Gasteiger partial charge in [-0.15, -0.1) is 11.3 Å². The Kier molecular flexibility index (Phi) is 8.53. The minimum atomic E-state index is -0.0245. The number of anilines is 4. The predicted molar refractivity (Wildman–Crippen MR) is 237 cm³/mol. The van der Waals surface area contributed by atoms with Crippen molar-refractivity contribution in [2.24, 2.45) is 0 Å². The van der Waals surface area contributed by atoms with E-state index in [9.17, 15) is 0 Å². The van der Waals surface area contributed by atoms with E-state index in [1.807, 2.05) is 24.0 Å². The number of thiazole rings is 1. The van der Waals surface area contributed by atoms with Crippen LogP contribution in [0.4, 0.5) is 22.9 Å². The molecule has 0 amide bonds.